The average molecular weight is 306 g/mol. The molecule has 0 saturated heterocycles. The van der Waals surface area contributed by atoms with E-state index in [4.69, 9.17) is 11.6 Å². The third-order valence-corrected chi connectivity index (χ3v) is 3.40. The summed E-state index contributed by atoms with van der Waals surface area (Å²) in [5.74, 6) is 1.46. The molecule has 0 aliphatic carbocycles. The van der Waals surface area contributed by atoms with Crippen molar-refractivity contribution < 1.29 is 0 Å². The molecule has 2 rings (SSSR count). The molecule has 2 heterocycles. The highest BCUT2D eigenvalue weighted by molar-refractivity contribution is 6.30. The zero-order chi connectivity index (χ0) is 15.6. The molecule has 5 nitrogen and oxygen atoms in total. The zero-order valence-corrected chi connectivity index (χ0v) is 13.8. The van der Waals surface area contributed by atoms with Gasteiger partial charge in [0.1, 0.15) is 16.8 Å². The maximum Gasteiger partial charge on any atom is 0.137 e. The van der Waals surface area contributed by atoms with Crippen LogP contribution in [-0.2, 0) is 12.0 Å². The molecule has 2 aromatic rings. The summed E-state index contributed by atoms with van der Waals surface area (Å²) in [5.41, 5.74) is 2.43. The van der Waals surface area contributed by atoms with Crippen LogP contribution >= 0.6 is 11.6 Å². The van der Waals surface area contributed by atoms with Crippen LogP contribution in [0.4, 0.5) is 5.82 Å². The van der Waals surface area contributed by atoms with Crippen LogP contribution in [0.15, 0.2) is 12.4 Å². The molecule has 0 unspecified atom stereocenters. The Bertz CT molecular complexity index is 632. The van der Waals surface area contributed by atoms with Crippen LogP contribution < -0.4 is 5.32 Å². The fourth-order valence-corrected chi connectivity index (χ4v) is 1.85. The fraction of sp³-hybridized carbons (Fsp3) is 0.467. The van der Waals surface area contributed by atoms with Gasteiger partial charge in [0.2, 0.25) is 0 Å². The first-order valence-electron chi connectivity index (χ1n) is 6.83. The largest absolute Gasteiger partial charge is 0.364 e. The number of halogens is 1. The number of nitrogens with zero attached hydrogens (tertiary/aromatic N) is 4. The molecule has 0 radical (unpaired) electrons. The minimum absolute atomic E-state index is 0.155. The van der Waals surface area contributed by atoms with Crippen molar-refractivity contribution in [3.8, 4) is 0 Å². The molecule has 6 heteroatoms. The summed E-state index contributed by atoms with van der Waals surface area (Å²) in [7, 11) is 0. The van der Waals surface area contributed by atoms with Gasteiger partial charge in [-0.1, -0.05) is 32.4 Å². The van der Waals surface area contributed by atoms with Gasteiger partial charge in [-0.2, -0.15) is 0 Å². The zero-order valence-electron chi connectivity index (χ0n) is 13.0. The van der Waals surface area contributed by atoms with Crippen LogP contribution in [0.1, 0.15) is 43.5 Å². The Balaban J connectivity index is 2.23. The smallest absolute Gasteiger partial charge is 0.137 e. The highest BCUT2D eigenvalue weighted by Gasteiger charge is 2.20. The summed E-state index contributed by atoms with van der Waals surface area (Å²) >= 11 is 6.21. The van der Waals surface area contributed by atoms with Crippen LogP contribution in [0, 0.1) is 13.8 Å². The summed E-state index contributed by atoms with van der Waals surface area (Å²) in [6, 6.07) is 0. The van der Waals surface area contributed by atoms with Gasteiger partial charge >= 0.3 is 0 Å². The number of aromatic nitrogens is 4. The summed E-state index contributed by atoms with van der Waals surface area (Å²) in [4.78, 5) is 17.5. The van der Waals surface area contributed by atoms with E-state index in [0.717, 1.165) is 28.6 Å². The molecule has 112 valence electrons. The quantitative estimate of drug-likeness (QED) is 0.880. The van der Waals surface area contributed by atoms with Crippen LogP contribution in [0.3, 0.4) is 0 Å². The number of anilines is 1. The van der Waals surface area contributed by atoms with Crippen molar-refractivity contribution in [2.75, 3.05) is 5.32 Å². The van der Waals surface area contributed by atoms with Crippen LogP contribution in [0.25, 0.3) is 0 Å². The Morgan fingerprint density at radius 3 is 2.38 bits per heavy atom. The predicted octanol–water partition coefficient (Wildman–Crippen LogP) is 3.45. The molecule has 0 saturated carbocycles. The second-order valence-electron chi connectivity index (χ2n) is 6.06. The number of nitrogens with one attached hydrogen (secondary N) is 1. The minimum Gasteiger partial charge on any atom is -0.364 e. The van der Waals surface area contributed by atoms with Crippen LogP contribution in [0.5, 0.6) is 0 Å². The summed E-state index contributed by atoms with van der Waals surface area (Å²) in [6.07, 6.45) is 3.50. The Morgan fingerprint density at radius 1 is 1.10 bits per heavy atom. The van der Waals surface area contributed by atoms with E-state index in [9.17, 15) is 0 Å². The highest BCUT2D eigenvalue weighted by atomic mass is 35.5. The van der Waals surface area contributed by atoms with Crippen molar-refractivity contribution in [2.24, 2.45) is 0 Å². The SMILES string of the molecule is Cc1cnc(CNc2nc(C(C)(C)C)nc(Cl)c2C)cn1. The first-order valence-corrected chi connectivity index (χ1v) is 7.21. The van der Waals surface area contributed by atoms with Crippen molar-refractivity contribution in [3.05, 3.63) is 40.3 Å². The van der Waals surface area contributed by atoms with Gasteiger partial charge in [0.05, 0.1) is 24.1 Å². The maximum atomic E-state index is 6.21. The summed E-state index contributed by atoms with van der Waals surface area (Å²) < 4.78 is 0. The molecular formula is C15H20ClN5. The predicted molar refractivity (Wildman–Crippen MR) is 84.6 cm³/mol. The van der Waals surface area contributed by atoms with Crippen molar-refractivity contribution in [3.63, 3.8) is 0 Å². The van der Waals surface area contributed by atoms with E-state index in [-0.39, 0.29) is 5.41 Å². The molecule has 21 heavy (non-hydrogen) atoms. The number of hydrogen-bond acceptors (Lipinski definition) is 5. The lowest BCUT2D eigenvalue weighted by molar-refractivity contribution is 0.545. The fourth-order valence-electron chi connectivity index (χ4n) is 1.68. The van der Waals surface area contributed by atoms with E-state index in [2.05, 4.69) is 46.0 Å². The molecule has 0 spiro atoms. The molecule has 0 atom stereocenters. The van der Waals surface area contributed by atoms with Gasteiger partial charge in [0.15, 0.2) is 0 Å². The summed E-state index contributed by atoms with van der Waals surface area (Å²) in [6.45, 7) is 10.5. The Kier molecular flexibility index (Phi) is 4.42. The topological polar surface area (TPSA) is 63.6 Å². The molecule has 0 bridgehead atoms. The van der Waals surface area contributed by atoms with Crippen LogP contribution in [-0.4, -0.2) is 19.9 Å². The molecule has 0 aliphatic rings. The molecule has 0 amide bonds. The standard InChI is InChI=1S/C15H20ClN5/c1-9-6-18-11(7-17-9)8-19-13-10(2)12(16)20-14(21-13)15(3,4)5/h6-7H,8H2,1-5H3,(H,19,20,21). The van der Waals surface area contributed by atoms with E-state index in [1.807, 2.05) is 13.8 Å². The van der Waals surface area contributed by atoms with Crippen molar-refractivity contribution in [1.82, 2.24) is 19.9 Å². The molecular weight excluding hydrogens is 286 g/mol. The van der Waals surface area contributed by atoms with Gasteiger partial charge in [-0.25, -0.2) is 9.97 Å². The first kappa shape index (κ1) is 15.6. The molecule has 1 N–H and O–H groups in total. The van der Waals surface area contributed by atoms with Crippen molar-refractivity contribution >= 4 is 17.4 Å². The van der Waals surface area contributed by atoms with Gasteiger partial charge in [-0.3, -0.25) is 9.97 Å². The third kappa shape index (κ3) is 3.88. The van der Waals surface area contributed by atoms with Gasteiger partial charge < -0.3 is 5.32 Å². The lowest BCUT2D eigenvalue weighted by Crippen LogP contribution is -2.18. The average Bonchev–Trinajstić information content (AvgIpc) is 2.41. The lowest BCUT2D eigenvalue weighted by Gasteiger charge is -2.19. The van der Waals surface area contributed by atoms with E-state index in [1.165, 1.54) is 0 Å². The lowest BCUT2D eigenvalue weighted by atomic mass is 9.95. The second kappa shape index (κ2) is 5.93. The molecule has 0 fully saturated rings. The van der Waals surface area contributed by atoms with Gasteiger partial charge in [-0.05, 0) is 13.8 Å². The minimum atomic E-state index is -0.155. The van der Waals surface area contributed by atoms with Gasteiger partial charge in [0, 0.05) is 17.2 Å². The molecule has 2 aromatic heterocycles. The van der Waals surface area contributed by atoms with Crippen molar-refractivity contribution in [2.45, 2.75) is 46.6 Å². The maximum absolute atomic E-state index is 6.21. The van der Waals surface area contributed by atoms with Crippen molar-refractivity contribution in [1.29, 1.82) is 0 Å². The Morgan fingerprint density at radius 2 is 1.81 bits per heavy atom. The van der Waals surface area contributed by atoms with E-state index >= 15 is 0 Å². The molecule has 0 aliphatic heterocycles. The van der Waals surface area contributed by atoms with Crippen LogP contribution in [0.2, 0.25) is 5.15 Å². The van der Waals surface area contributed by atoms with Gasteiger partial charge in [-0.15, -0.1) is 0 Å². The third-order valence-electron chi connectivity index (χ3n) is 3.03. The van der Waals surface area contributed by atoms with E-state index < -0.39 is 0 Å². The number of aryl methyl sites for hydroxylation is 1. The molecule has 0 aromatic carbocycles. The van der Waals surface area contributed by atoms with E-state index in [0.29, 0.717) is 11.7 Å². The Labute approximate surface area is 130 Å². The normalized spacial score (nSPS) is 11.5. The Hall–Kier alpha value is -1.75. The highest BCUT2D eigenvalue weighted by Crippen LogP contribution is 2.26. The number of rotatable bonds is 3. The monoisotopic (exact) mass is 305 g/mol. The summed E-state index contributed by atoms with van der Waals surface area (Å²) in [5, 5.41) is 3.74. The number of hydrogen-bond donors (Lipinski definition) is 1. The van der Waals surface area contributed by atoms with Gasteiger partial charge in [0.25, 0.3) is 0 Å². The second-order valence-corrected chi connectivity index (χ2v) is 6.42. The first-order chi connectivity index (χ1) is 9.77. The van der Waals surface area contributed by atoms with E-state index in [1.54, 1.807) is 12.4 Å².